The molecule has 2 heterocycles. The largest absolute Gasteiger partial charge is 0.495 e. The predicted octanol–water partition coefficient (Wildman–Crippen LogP) is 3.89. The van der Waals surface area contributed by atoms with Crippen LogP contribution in [-0.2, 0) is 5.75 Å². The Kier molecular flexibility index (Phi) is 6.12. The lowest BCUT2D eigenvalue weighted by molar-refractivity contribution is 0.412. The van der Waals surface area contributed by atoms with Gasteiger partial charge in [-0.25, -0.2) is 0 Å². The van der Waals surface area contributed by atoms with E-state index in [-0.39, 0.29) is 11.9 Å². The number of hydrogen-bond donors (Lipinski definition) is 2. The third-order valence-corrected chi connectivity index (χ3v) is 5.54. The van der Waals surface area contributed by atoms with E-state index in [9.17, 15) is 0 Å². The Morgan fingerprint density at radius 1 is 0.968 bits per heavy atom. The summed E-state index contributed by atoms with van der Waals surface area (Å²) in [7, 11) is 1.58. The molecule has 2 aromatic carbocycles. The molecule has 31 heavy (non-hydrogen) atoms. The summed E-state index contributed by atoms with van der Waals surface area (Å²) in [6, 6.07) is 12.6. The minimum absolute atomic E-state index is 0.0562. The third-order valence-electron chi connectivity index (χ3n) is 4.14. The molecule has 158 valence electrons. The molecule has 0 radical (unpaired) electrons. The van der Waals surface area contributed by atoms with Crippen LogP contribution in [0.3, 0.4) is 0 Å². The van der Waals surface area contributed by atoms with Gasteiger partial charge in [0.25, 0.3) is 0 Å². The Balaban J connectivity index is 1.81. The standard InChI is InChI=1S/C19H16Cl2N8OS/c1-30-14-6-5-12(21)8-13(14)29-16(10-3-2-4-11(20)7-10)27-28-19(29)31-9-15-24-17(22)26-18(23)25-15/h2-8H,9H2,1H3,(H4,22,23,24,25,26). The zero-order chi connectivity index (χ0) is 22.0. The van der Waals surface area contributed by atoms with Crippen LogP contribution in [0.15, 0.2) is 47.6 Å². The highest BCUT2D eigenvalue weighted by Gasteiger charge is 2.20. The smallest absolute Gasteiger partial charge is 0.225 e. The van der Waals surface area contributed by atoms with E-state index in [1.165, 1.54) is 11.8 Å². The average Bonchev–Trinajstić information content (AvgIpc) is 3.15. The number of benzene rings is 2. The van der Waals surface area contributed by atoms with Gasteiger partial charge in [0.05, 0.1) is 18.6 Å². The number of nitrogens with zero attached hydrogens (tertiary/aromatic N) is 6. The van der Waals surface area contributed by atoms with E-state index in [1.807, 2.05) is 16.7 Å². The molecule has 0 amide bonds. The van der Waals surface area contributed by atoms with Crippen LogP contribution in [0.5, 0.6) is 5.75 Å². The molecule has 4 aromatic rings. The molecule has 12 heteroatoms. The molecule has 9 nitrogen and oxygen atoms in total. The van der Waals surface area contributed by atoms with Crippen LogP contribution < -0.4 is 16.2 Å². The second-order valence-electron chi connectivity index (χ2n) is 6.22. The highest BCUT2D eigenvalue weighted by molar-refractivity contribution is 7.98. The Hall–Kier alpha value is -3.08. The summed E-state index contributed by atoms with van der Waals surface area (Å²) < 4.78 is 7.39. The van der Waals surface area contributed by atoms with Crippen molar-refractivity contribution in [1.29, 1.82) is 0 Å². The van der Waals surface area contributed by atoms with Gasteiger partial charge in [0.2, 0.25) is 11.9 Å². The fourth-order valence-electron chi connectivity index (χ4n) is 2.88. The number of ether oxygens (including phenoxy) is 1. The minimum Gasteiger partial charge on any atom is -0.495 e. The molecule has 0 atom stereocenters. The zero-order valence-electron chi connectivity index (χ0n) is 16.2. The summed E-state index contributed by atoms with van der Waals surface area (Å²) in [4.78, 5) is 12.0. The first kappa shape index (κ1) is 21.2. The lowest BCUT2D eigenvalue weighted by Gasteiger charge is -2.14. The number of halogens is 2. The van der Waals surface area contributed by atoms with Crippen molar-refractivity contribution in [3.63, 3.8) is 0 Å². The number of methoxy groups -OCH3 is 1. The Bertz CT molecular complexity index is 1230. The van der Waals surface area contributed by atoms with E-state index in [4.69, 9.17) is 39.4 Å². The second kappa shape index (κ2) is 8.96. The van der Waals surface area contributed by atoms with Crippen LogP contribution in [-0.4, -0.2) is 36.8 Å². The molecule has 2 aromatic heterocycles. The van der Waals surface area contributed by atoms with E-state index in [0.717, 1.165) is 5.56 Å². The maximum atomic E-state index is 6.28. The van der Waals surface area contributed by atoms with Gasteiger partial charge in [0.15, 0.2) is 11.0 Å². The summed E-state index contributed by atoms with van der Waals surface area (Å²) in [5.41, 5.74) is 12.8. The second-order valence-corrected chi connectivity index (χ2v) is 8.04. The first-order valence-electron chi connectivity index (χ1n) is 8.88. The highest BCUT2D eigenvalue weighted by atomic mass is 35.5. The van der Waals surface area contributed by atoms with Gasteiger partial charge < -0.3 is 16.2 Å². The summed E-state index contributed by atoms with van der Waals surface area (Å²) in [5.74, 6) is 2.05. The first-order chi connectivity index (χ1) is 14.9. The Morgan fingerprint density at radius 3 is 2.42 bits per heavy atom. The fourth-order valence-corrected chi connectivity index (χ4v) is 4.04. The summed E-state index contributed by atoms with van der Waals surface area (Å²) in [6.07, 6.45) is 0. The number of nitrogen functional groups attached to an aromatic ring is 2. The molecule has 0 saturated heterocycles. The highest BCUT2D eigenvalue weighted by Crippen LogP contribution is 2.35. The van der Waals surface area contributed by atoms with Crippen molar-refractivity contribution in [3.8, 4) is 22.8 Å². The van der Waals surface area contributed by atoms with Gasteiger partial charge in [-0.15, -0.1) is 10.2 Å². The molecule has 4 rings (SSSR count). The van der Waals surface area contributed by atoms with Crippen LogP contribution in [0, 0.1) is 0 Å². The van der Waals surface area contributed by atoms with Gasteiger partial charge in [-0.2, -0.15) is 15.0 Å². The Labute approximate surface area is 191 Å². The molecular formula is C19H16Cl2N8OS. The molecule has 0 aliphatic rings. The van der Waals surface area contributed by atoms with Crippen LogP contribution in [0.1, 0.15) is 5.82 Å². The van der Waals surface area contributed by atoms with Crippen LogP contribution >= 0.6 is 35.0 Å². The van der Waals surface area contributed by atoms with Gasteiger partial charge >= 0.3 is 0 Å². The van der Waals surface area contributed by atoms with Crippen molar-refractivity contribution in [2.24, 2.45) is 0 Å². The molecular weight excluding hydrogens is 459 g/mol. The fraction of sp³-hybridized carbons (Fsp3) is 0.105. The summed E-state index contributed by atoms with van der Waals surface area (Å²) in [6.45, 7) is 0. The number of rotatable bonds is 6. The van der Waals surface area contributed by atoms with E-state index in [1.54, 1.807) is 37.4 Å². The number of thioether (sulfide) groups is 1. The van der Waals surface area contributed by atoms with Crippen molar-refractivity contribution in [2.75, 3.05) is 18.6 Å². The van der Waals surface area contributed by atoms with Crippen molar-refractivity contribution in [2.45, 2.75) is 10.9 Å². The quantitative estimate of drug-likeness (QED) is 0.399. The molecule has 4 N–H and O–H groups in total. The van der Waals surface area contributed by atoms with E-state index < -0.39 is 0 Å². The topological polar surface area (TPSA) is 131 Å². The van der Waals surface area contributed by atoms with Gasteiger partial charge in [-0.1, -0.05) is 47.1 Å². The summed E-state index contributed by atoms with van der Waals surface area (Å²) >= 11 is 13.8. The molecule has 0 aliphatic carbocycles. The molecule has 0 spiro atoms. The molecule has 0 aliphatic heterocycles. The van der Waals surface area contributed by atoms with E-state index >= 15 is 0 Å². The van der Waals surface area contributed by atoms with Gasteiger partial charge in [-0.05, 0) is 30.3 Å². The monoisotopic (exact) mass is 474 g/mol. The molecule has 0 fully saturated rings. The van der Waals surface area contributed by atoms with E-state index in [2.05, 4.69) is 25.1 Å². The number of aromatic nitrogens is 6. The summed E-state index contributed by atoms with van der Waals surface area (Å²) in [5, 5.41) is 10.4. The minimum atomic E-state index is 0.0562. The Morgan fingerprint density at radius 2 is 1.71 bits per heavy atom. The van der Waals surface area contributed by atoms with Crippen molar-refractivity contribution < 1.29 is 4.74 Å². The maximum absolute atomic E-state index is 6.28. The van der Waals surface area contributed by atoms with Crippen LogP contribution in [0.4, 0.5) is 11.9 Å². The van der Waals surface area contributed by atoms with Gasteiger partial charge in [0.1, 0.15) is 11.6 Å². The SMILES string of the molecule is COc1ccc(Cl)cc1-n1c(SCc2nc(N)nc(N)n2)nnc1-c1cccc(Cl)c1. The lowest BCUT2D eigenvalue weighted by atomic mass is 10.2. The van der Waals surface area contributed by atoms with Crippen LogP contribution in [0.2, 0.25) is 10.0 Å². The predicted molar refractivity (Wildman–Crippen MR) is 122 cm³/mol. The van der Waals surface area contributed by atoms with Crippen molar-refractivity contribution in [3.05, 3.63) is 58.3 Å². The number of hydrogen-bond acceptors (Lipinski definition) is 9. The third kappa shape index (κ3) is 4.66. The van der Waals surface area contributed by atoms with E-state index in [0.29, 0.717) is 44.0 Å². The average molecular weight is 475 g/mol. The zero-order valence-corrected chi connectivity index (χ0v) is 18.5. The molecule has 0 unspecified atom stereocenters. The number of anilines is 2. The number of nitrogens with two attached hydrogens (primary N) is 2. The lowest BCUT2D eigenvalue weighted by Crippen LogP contribution is -2.06. The van der Waals surface area contributed by atoms with Gasteiger partial charge in [-0.3, -0.25) is 4.57 Å². The molecule has 0 saturated carbocycles. The molecule has 0 bridgehead atoms. The van der Waals surface area contributed by atoms with Crippen molar-refractivity contribution >= 4 is 46.9 Å². The van der Waals surface area contributed by atoms with Crippen LogP contribution in [0.25, 0.3) is 17.1 Å². The van der Waals surface area contributed by atoms with Crippen molar-refractivity contribution in [1.82, 2.24) is 29.7 Å². The normalized spacial score (nSPS) is 10.9. The maximum Gasteiger partial charge on any atom is 0.225 e. The van der Waals surface area contributed by atoms with Gasteiger partial charge in [0, 0.05) is 15.6 Å². The first-order valence-corrected chi connectivity index (χ1v) is 10.6.